The molecular formula is C17H15N3O2S. The molecule has 6 heteroatoms. The van der Waals surface area contributed by atoms with Crippen molar-refractivity contribution in [1.29, 1.82) is 0 Å². The minimum Gasteiger partial charge on any atom is -0.339 e. The third-order valence-corrected chi connectivity index (χ3v) is 4.23. The average molecular weight is 325 g/mol. The second-order valence-electron chi connectivity index (χ2n) is 5.06. The number of rotatable bonds is 4. The Kier molecular flexibility index (Phi) is 4.43. The first kappa shape index (κ1) is 15.3. The Balaban J connectivity index is 1.70. The number of para-hydroxylation sites is 1. The maximum Gasteiger partial charge on any atom is 0.288 e. The van der Waals surface area contributed by atoms with Gasteiger partial charge in [0.2, 0.25) is 5.84 Å². The zero-order chi connectivity index (χ0) is 16.2. The summed E-state index contributed by atoms with van der Waals surface area (Å²) in [5.41, 5.74) is 1.31. The molecule has 1 heterocycles. The van der Waals surface area contributed by atoms with Crippen LogP contribution in [0, 0.1) is 0 Å². The fourth-order valence-electron chi connectivity index (χ4n) is 2.16. The zero-order valence-electron chi connectivity index (χ0n) is 12.4. The summed E-state index contributed by atoms with van der Waals surface area (Å²) in [7, 11) is 0. The molecule has 2 N–H and O–H groups in total. The van der Waals surface area contributed by atoms with Crippen molar-refractivity contribution in [3.8, 4) is 0 Å². The smallest absolute Gasteiger partial charge is 0.288 e. The van der Waals surface area contributed by atoms with Crippen LogP contribution in [-0.2, 0) is 4.79 Å². The second-order valence-corrected chi connectivity index (χ2v) is 5.91. The van der Waals surface area contributed by atoms with Crippen molar-refractivity contribution in [3.63, 3.8) is 0 Å². The fourth-order valence-corrected chi connectivity index (χ4v) is 2.87. The monoisotopic (exact) mass is 325 g/mol. The van der Waals surface area contributed by atoms with E-state index in [0.717, 1.165) is 10.6 Å². The number of nitrogens with one attached hydrogen (secondary N) is 2. The molecule has 1 atom stereocenters. The number of amidine groups is 1. The minimum atomic E-state index is -0.628. The molecule has 2 aromatic rings. The first-order valence-electron chi connectivity index (χ1n) is 7.16. The molecule has 1 aliphatic rings. The molecule has 0 spiro atoms. The number of fused-ring (bicyclic) bond motifs is 1. The van der Waals surface area contributed by atoms with E-state index in [2.05, 4.69) is 15.0 Å². The van der Waals surface area contributed by atoms with Gasteiger partial charge in [0.15, 0.2) is 5.78 Å². The van der Waals surface area contributed by atoms with E-state index in [4.69, 9.17) is 0 Å². The summed E-state index contributed by atoms with van der Waals surface area (Å²) < 4.78 is 2.90. The van der Waals surface area contributed by atoms with E-state index in [1.807, 2.05) is 30.3 Å². The van der Waals surface area contributed by atoms with Crippen LogP contribution in [0.15, 0.2) is 64.5 Å². The van der Waals surface area contributed by atoms with Gasteiger partial charge in [-0.3, -0.25) is 9.59 Å². The van der Waals surface area contributed by atoms with Crippen molar-refractivity contribution in [3.05, 3.63) is 60.2 Å². The summed E-state index contributed by atoms with van der Waals surface area (Å²) in [6.07, 6.45) is 0. The molecule has 0 aliphatic carbocycles. The number of amides is 1. The van der Waals surface area contributed by atoms with Gasteiger partial charge in [-0.05, 0) is 31.0 Å². The molecule has 23 heavy (non-hydrogen) atoms. The van der Waals surface area contributed by atoms with E-state index in [1.165, 1.54) is 11.9 Å². The molecule has 1 aliphatic heterocycles. The Hall–Kier alpha value is -2.60. The van der Waals surface area contributed by atoms with Crippen molar-refractivity contribution in [1.82, 2.24) is 10.0 Å². The Morgan fingerprint density at radius 3 is 2.57 bits per heavy atom. The number of hydrogen-bond donors (Lipinski definition) is 2. The quantitative estimate of drug-likeness (QED) is 0.670. The van der Waals surface area contributed by atoms with Gasteiger partial charge in [-0.2, -0.15) is 0 Å². The predicted molar refractivity (Wildman–Crippen MR) is 90.9 cm³/mol. The first-order chi connectivity index (χ1) is 11.1. The first-order valence-corrected chi connectivity index (χ1v) is 7.97. The van der Waals surface area contributed by atoms with Crippen LogP contribution in [0.2, 0.25) is 0 Å². The summed E-state index contributed by atoms with van der Waals surface area (Å²) in [4.78, 5) is 29.8. The number of Topliss-reactive ketones (excluding diaryl/α,β-unsaturated/α-hetero) is 1. The summed E-state index contributed by atoms with van der Waals surface area (Å²) in [5.74, 6) is -0.339. The van der Waals surface area contributed by atoms with E-state index in [0.29, 0.717) is 5.56 Å². The largest absolute Gasteiger partial charge is 0.339 e. The van der Waals surface area contributed by atoms with Gasteiger partial charge in [0.05, 0.1) is 16.6 Å². The Morgan fingerprint density at radius 2 is 1.78 bits per heavy atom. The molecule has 0 fully saturated rings. The lowest BCUT2D eigenvalue weighted by molar-refractivity contribution is -0.115. The highest BCUT2D eigenvalue weighted by Gasteiger charge is 2.22. The molecule has 0 bridgehead atoms. The highest BCUT2D eigenvalue weighted by molar-refractivity contribution is 7.98. The lowest BCUT2D eigenvalue weighted by Gasteiger charge is -2.18. The van der Waals surface area contributed by atoms with Gasteiger partial charge in [-0.25, -0.2) is 4.99 Å². The number of hydrogen-bond acceptors (Lipinski definition) is 5. The number of aliphatic imine (C=N–C) groups is 1. The molecule has 0 aromatic heterocycles. The summed E-state index contributed by atoms with van der Waals surface area (Å²) in [6, 6.07) is 15.8. The van der Waals surface area contributed by atoms with E-state index >= 15 is 0 Å². The molecule has 0 radical (unpaired) electrons. The minimum absolute atomic E-state index is 0.136. The van der Waals surface area contributed by atoms with Crippen LogP contribution in [0.5, 0.6) is 0 Å². The molecule has 1 amide bonds. The highest BCUT2D eigenvalue weighted by Crippen LogP contribution is 2.30. The molecule has 5 nitrogen and oxygen atoms in total. The van der Waals surface area contributed by atoms with Crippen molar-refractivity contribution < 1.29 is 9.59 Å². The van der Waals surface area contributed by atoms with Gasteiger partial charge in [0.25, 0.3) is 5.91 Å². The van der Waals surface area contributed by atoms with Crippen LogP contribution in [0.25, 0.3) is 0 Å². The number of benzene rings is 2. The van der Waals surface area contributed by atoms with E-state index < -0.39 is 11.9 Å². The van der Waals surface area contributed by atoms with Gasteiger partial charge in [0, 0.05) is 5.56 Å². The van der Waals surface area contributed by atoms with Gasteiger partial charge in [-0.15, -0.1) is 0 Å². The fraction of sp³-hybridized carbons (Fsp3) is 0.118. The third-order valence-electron chi connectivity index (χ3n) is 3.37. The number of carbonyl (C=O) groups excluding carboxylic acids is 2. The molecular weight excluding hydrogens is 310 g/mol. The summed E-state index contributed by atoms with van der Waals surface area (Å²) >= 11 is 1.33. The van der Waals surface area contributed by atoms with E-state index in [-0.39, 0.29) is 11.6 Å². The SMILES string of the molecule is C[C@H](NC(=O)C1=Nc2ccccc2SN1)C(=O)c1ccccc1. The van der Waals surface area contributed by atoms with Crippen LogP contribution in [0.3, 0.4) is 0 Å². The standard InChI is InChI=1S/C17H15N3O2S/c1-11(15(21)12-7-3-2-4-8-12)18-17(22)16-19-13-9-5-6-10-14(13)23-20-16/h2-11H,1H3,(H,18,22)(H,19,20)/t11-/m0/s1. The Morgan fingerprint density at radius 1 is 1.09 bits per heavy atom. The molecule has 0 saturated heterocycles. The molecule has 2 aromatic carbocycles. The molecule has 3 rings (SSSR count). The van der Waals surface area contributed by atoms with Crippen LogP contribution < -0.4 is 10.0 Å². The summed E-state index contributed by atoms with van der Waals surface area (Å²) in [5, 5.41) is 2.68. The zero-order valence-corrected chi connectivity index (χ0v) is 13.3. The second kappa shape index (κ2) is 6.66. The van der Waals surface area contributed by atoms with Crippen LogP contribution in [0.1, 0.15) is 17.3 Å². The average Bonchev–Trinajstić information content (AvgIpc) is 2.61. The van der Waals surface area contributed by atoms with Crippen LogP contribution >= 0.6 is 11.9 Å². The Bertz CT molecular complexity index is 774. The van der Waals surface area contributed by atoms with Crippen molar-refractivity contribution in [2.75, 3.05) is 0 Å². The van der Waals surface area contributed by atoms with Gasteiger partial charge in [-0.1, -0.05) is 42.5 Å². The number of nitrogens with zero attached hydrogens (tertiary/aromatic N) is 1. The normalized spacial score (nSPS) is 14.0. The third kappa shape index (κ3) is 3.43. The predicted octanol–water partition coefficient (Wildman–Crippen LogP) is 2.71. The molecule has 116 valence electrons. The van der Waals surface area contributed by atoms with Crippen molar-refractivity contribution in [2.24, 2.45) is 4.99 Å². The van der Waals surface area contributed by atoms with Crippen LogP contribution in [-0.4, -0.2) is 23.6 Å². The number of ketones is 1. The topological polar surface area (TPSA) is 70.6 Å². The van der Waals surface area contributed by atoms with E-state index in [9.17, 15) is 9.59 Å². The summed E-state index contributed by atoms with van der Waals surface area (Å²) in [6.45, 7) is 1.66. The highest BCUT2D eigenvalue weighted by atomic mass is 32.2. The van der Waals surface area contributed by atoms with Gasteiger partial charge >= 0.3 is 0 Å². The molecule has 0 unspecified atom stereocenters. The molecule has 0 saturated carbocycles. The van der Waals surface area contributed by atoms with Crippen molar-refractivity contribution in [2.45, 2.75) is 17.9 Å². The lowest BCUT2D eigenvalue weighted by Crippen LogP contribution is -2.45. The Labute approximate surface area is 138 Å². The van der Waals surface area contributed by atoms with Gasteiger partial charge < -0.3 is 10.0 Å². The van der Waals surface area contributed by atoms with Crippen molar-refractivity contribution >= 4 is 35.2 Å². The maximum atomic E-state index is 12.3. The van der Waals surface area contributed by atoms with E-state index in [1.54, 1.807) is 31.2 Å². The lowest BCUT2D eigenvalue weighted by atomic mass is 10.1. The van der Waals surface area contributed by atoms with Crippen LogP contribution in [0.4, 0.5) is 5.69 Å². The number of carbonyl (C=O) groups is 2. The maximum absolute atomic E-state index is 12.3. The van der Waals surface area contributed by atoms with Gasteiger partial charge in [0.1, 0.15) is 0 Å².